The van der Waals surface area contributed by atoms with E-state index in [1.54, 1.807) is 52.4 Å². The maximum absolute atomic E-state index is 12.4. The standard InChI is InChI=1S/C21H24N6O4S/c1-15-11-22-21(25-20(15)16-3-5-18(6-4-16)32(2,29)30)24-17-12-23-27(13-17)14-19(28)26-7-9-31-10-8-26/h3-6,11-13H,7-10,14H2,1-2H3,(H,22,24,25). The lowest BCUT2D eigenvalue weighted by molar-refractivity contribution is -0.136. The van der Waals surface area contributed by atoms with E-state index in [0.29, 0.717) is 43.6 Å². The number of carbonyl (C=O) groups is 1. The van der Waals surface area contributed by atoms with E-state index in [1.165, 1.54) is 6.26 Å². The predicted octanol–water partition coefficient (Wildman–Crippen LogP) is 1.65. The van der Waals surface area contributed by atoms with E-state index in [-0.39, 0.29) is 17.3 Å². The van der Waals surface area contributed by atoms with Crippen molar-refractivity contribution in [3.8, 4) is 11.3 Å². The smallest absolute Gasteiger partial charge is 0.244 e. The maximum Gasteiger partial charge on any atom is 0.244 e. The average molecular weight is 457 g/mol. The van der Waals surface area contributed by atoms with Gasteiger partial charge in [-0.05, 0) is 24.6 Å². The third-order valence-electron chi connectivity index (χ3n) is 5.08. The Bertz CT molecular complexity index is 1220. The van der Waals surface area contributed by atoms with Crippen LogP contribution in [0.2, 0.25) is 0 Å². The van der Waals surface area contributed by atoms with Gasteiger partial charge in [0.1, 0.15) is 6.54 Å². The van der Waals surface area contributed by atoms with E-state index >= 15 is 0 Å². The van der Waals surface area contributed by atoms with Crippen molar-refractivity contribution < 1.29 is 17.9 Å². The van der Waals surface area contributed by atoms with Crippen molar-refractivity contribution in [2.24, 2.45) is 0 Å². The van der Waals surface area contributed by atoms with Gasteiger partial charge in [0.25, 0.3) is 0 Å². The van der Waals surface area contributed by atoms with Crippen molar-refractivity contribution in [3.05, 3.63) is 48.4 Å². The van der Waals surface area contributed by atoms with Crippen molar-refractivity contribution in [1.82, 2.24) is 24.6 Å². The summed E-state index contributed by atoms with van der Waals surface area (Å²) in [5.41, 5.74) is 2.99. The molecule has 1 N–H and O–H groups in total. The molecule has 0 aliphatic carbocycles. The lowest BCUT2D eigenvalue weighted by Crippen LogP contribution is -2.42. The quantitative estimate of drug-likeness (QED) is 0.595. The Morgan fingerprint density at radius 3 is 2.56 bits per heavy atom. The van der Waals surface area contributed by atoms with Gasteiger partial charge in [0.15, 0.2) is 9.84 Å². The fraction of sp³-hybridized carbons (Fsp3) is 0.333. The van der Waals surface area contributed by atoms with E-state index in [0.717, 1.165) is 11.1 Å². The molecule has 3 heterocycles. The first kappa shape index (κ1) is 21.9. The van der Waals surface area contributed by atoms with E-state index in [9.17, 15) is 13.2 Å². The van der Waals surface area contributed by atoms with Gasteiger partial charge in [-0.25, -0.2) is 18.4 Å². The minimum Gasteiger partial charge on any atom is -0.378 e. The molecule has 2 aromatic heterocycles. The molecule has 1 saturated heterocycles. The Morgan fingerprint density at radius 1 is 1.16 bits per heavy atom. The van der Waals surface area contributed by atoms with Crippen LogP contribution >= 0.6 is 0 Å². The molecule has 0 atom stereocenters. The normalized spacial score (nSPS) is 14.4. The zero-order valence-corrected chi connectivity index (χ0v) is 18.7. The van der Waals surface area contributed by atoms with E-state index in [4.69, 9.17) is 4.74 Å². The molecule has 4 rings (SSSR count). The van der Waals surface area contributed by atoms with Gasteiger partial charge in [-0.15, -0.1) is 0 Å². The first-order chi connectivity index (χ1) is 15.3. The van der Waals surface area contributed by atoms with Gasteiger partial charge in [-0.1, -0.05) is 12.1 Å². The molecule has 168 valence electrons. The maximum atomic E-state index is 12.4. The van der Waals surface area contributed by atoms with Crippen LogP contribution < -0.4 is 5.32 Å². The third kappa shape index (κ3) is 5.11. The number of aromatic nitrogens is 4. The molecule has 1 amide bonds. The number of anilines is 2. The van der Waals surface area contributed by atoms with Crippen LogP contribution in [-0.4, -0.2) is 71.5 Å². The highest BCUT2D eigenvalue weighted by molar-refractivity contribution is 7.90. The second-order valence-electron chi connectivity index (χ2n) is 7.57. The Balaban J connectivity index is 1.47. The molecule has 0 spiro atoms. The number of hydrogen-bond acceptors (Lipinski definition) is 8. The number of hydrogen-bond donors (Lipinski definition) is 1. The molecule has 0 saturated carbocycles. The molecular formula is C21H24N6O4S. The summed E-state index contributed by atoms with van der Waals surface area (Å²) >= 11 is 0. The molecule has 0 unspecified atom stereocenters. The Kier molecular flexibility index (Phi) is 6.19. The van der Waals surface area contributed by atoms with Crippen molar-refractivity contribution in [2.45, 2.75) is 18.4 Å². The molecule has 1 aliphatic heterocycles. The number of ether oxygens (including phenoxy) is 1. The number of nitrogens with zero attached hydrogens (tertiary/aromatic N) is 5. The molecule has 1 aromatic carbocycles. The van der Waals surface area contributed by atoms with Crippen LogP contribution in [0, 0.1) is 6.92 Å². The first-order valence-corrected chi connectivity index (χ1v) is 12.0. The van der Waals surface area contributed by atoms with Crippen LogP contribution in [0.25, 0.3) is 11.3 Å². The van der Waals surface area contributed by atoms with E-state index < -0.39 is 9.84 Å². The van der Waals surface area contributed by atoms with E-state index in [2.05, 4.69) is 20.4 Å². The average Bonchev–Trinajstić information content (AvgIpc) is 3.22. The summed E-state index contributed by atoms with van der Waals surface area (Å²) in [5, 5.41) is 7.34. The van der Waals surface area contributed by atoms with Gasteiger partial charge in [-0.2, -0.15) is 5.10 Å². The Hall–Kier alpha value is -3.31. The third-order valence-corrected chi connectivity index (χ3v) is 6.21. The number of benzene rings is 1. The van der Waals surface area contributed by atoms with Gasteiger partial charge >= 0.3 is 0 Å². The van der Waals surface area contributed by atoms with Crippen LogP contribution in [0.3, 0.4) is 0 Å². The first-order valence-electron chi connectivity index (χ1n) is 10.1. The van der Waals surface area contributed by atoms with Gasteiger partial charge in [0.05, 0.1) is 35.7 Å². The number of nitrogens with one attached hydrogen (secondary N) is 1. The minimum absolute atomic E-state index is 0.00522. The summed E-state index contributed by atoms with van der Waals surface area (Å²) in [5.74, 6) is 0.367. The molecule has 0 bridgehead atoms. The zero-order valence-electron chi connectivity index (χ0n) is 17.9. The summed E-state index contributed by atoms with van der Waals surface area (Å²) in [4.78, 5) is 23.3. The molecule has 1 fully saturated rings. The molecular weight excluding hydrogens is 432 g/mol. The van der Waals surface area contributed by atoms with Gasteiger partial charge in [0, 0.05) is 37.3 Å². The van der Waals surface area contributed by atoms with Crippen LogP contribution in [0.15, 0.2) is 47.8 Å². The molecule has 32 heavy (non-hydrogen) atoms. The Labute approximate surface area is 186 Å². The second-order valence-corrected chi connectivity index (χ2v) is 9.58. The monoisotopic (exact) mass is 456 g/mol. The van der Waals surface area contributed by atoms with Crippen LogP contribution in [0.4, 0.5) is 11.6 Å². The largest absolute Gasteiger partial charge is 0.378 e. The molecule has 10 nitrogen and oxygen atoms in total. The van der Waals surface area contributed by atoms with Crippen LogP contribution in [0.1, 0.15) is 5.56 Å². The lowest BCUT2D eigenvalue weighted by atomic mass is 10.1. The highest BCUT2D eigenvalue weighted by atomic mass is 32.2. The van der Waals surface area contributed by atoms with Crippen molar-refractivity contribution >= 4 is 27.4 Å². The predicted molar refractivity (Wildman–Crippen MR) is 118 cm³/mol. The van der Waals surface area contributed by atoms with Crippen molar-refractivity contribution in [3.63, 3.8) is 0 Å². The summed E-state index contributed by atoms with van der Waals surface area (Å²) < 4.78 is 30.2. The molecule has 11 heteroatoms. The summed E-state index contributed by atoms with van der Waals surface area (Å²) in [6.45, 7) is 4.34. The highest BCUT2D eigenvalue weighted by Crippen LogP contribution is 2.24. The van der Waals surface area contributed by atoms with Gasteiger partial charge in [-0.3, -0.25) is 9.48 Å². The summed E-state index contributed by atoms with van der Waals surface area (Å²) in [7, 11) is -3.26. The van der Waals surface area contributed by atoms with Crippen LogP contribution in [0.5, 0.6) is 0 Å². The summed E-state index contributed by atoms with van der Waals surface area (Å²) in [6.07, 6.45) is 6.20. The number of amides is 1. The summed E-state index contributed by atoms with van der Waals surface area (Å²) in [6, 6.07) is 6.58. The molecule has 0 radical (unpaired) electrons. The lowest BCUT2D eigenvalue weighted by Gasteiger charge is -2.26. The minimum atomic E-state index is -3.26. The fourth-order valence-corrected chi connectivity index (χ4v) is 3.98. The van der Waals surface area contributed by atoms with Crippen molar-refractivity contribution in [2.75, 3.05) is 37.9 Å². The van der Waals surface area contributed by atoms with Crippen LogP contribution in [-0.2, 0) is 25.9 Å². The molecule has 1 aliphatic rings. The SMILES string of the molecule is Cc1cnc(Nc2cnn(CC(=O)N3CCOCC3)c2)nc1-c1ccc(S(C)(=O)=O)cc1. The molecule has 3 aromatic rings. The fourth-order valence-electron chi connectivity index (χ4n) is 3.35. The van der Waals surface area contributed by atoms with E-state index in [1.807, 2.05) is 6.92 Å². The number of rotatable bonds is 6. The Morgan fingerprint density at radius 2 is 1.88 bits per heavy atom. The van der Waals surface area contributed by atoms with Gasteiger partial charge in [0.2, 0.25) is 11.9 Å². The second kappa shape index (κ2) is 9.05. The topological polar surface area (TPSA) is 119 Å². The zero-order chi connectivity index (χ0) is 22.7. The van der Waals surface area contributed by atoms with Crippen molar-refractivity contribution in [1.29, 1.82) is 0 Å². The van der Waals surface area contributed by atoms with Gasteiger partial charge < -0.3 is 15.0 Å². The number of sulfone groups is 1. The number of carbonyl (C=O) groups excluding carboxylic acids is 1. The number of morpholine rings is 1. The highest BCUT2D eigenvalue weighted by Gasteiger charge is 2.17. The number of aryl methyl sites for hydroxylation is 1.